The van der Waals surface area contributed by atoms with E-state index in [1.807, 2.05) is 0 Å². The second-order valence-electron chi connectivity index (χ2n) is 10.2. The van der Waals surface area contributed by atoms with E-state index in [4.69, 9.17) is 8.85 Å². The average molecular weight is 447 g/mol. The topological polar surface area (TPSA) is 18.5 Å². The molecule has 0 aromatic carbocycles. The maximum Gasteiger partial charge on any atom is 0.201 e. The zero-order valence-electron chi connectivity index (χ0n) is 21.2. The molecule has 0 aliphatic heterocycles. The molecule has 1 atom stereocenters. The summed E-state index contributed by atoms with van der Waals surface area (Å²) < 4.78 is 14.1. The van der Waals surface area contributed by atoms with Crippen molar-refractivity contribution in [3.8, 4) is 0 Å². The Bertz CT molecular complexity index is 430. The van der Waals surface area contributed by atoms with Crippen LogP contribution < -0.4 is 0 Å². The molecule has 0 fully saturated rings. The van der Waals surface area contributed by atoms with Crippen LogP contribution in [0.2, 0.25) is 33.2 Å². The molecule has 0 aromatic heterocycles. The summed E-state index contributed by atoms with van der Waals surface area (Å²) in [6, 6.07) is 0. The maximum atomic E-state index is 7.13. The second kappa shape index (κ2) is 11.7. The van der Waals surface area contributed by atoms with E-state index in [9.17, 15) is 0 Å². The molecule has 0 radical (unpaired) electrons. The lowest BCUT2D eigenvalue weighted by molar-refractivity contribution is 0.131. The van der Waals surface area contributed by atoms with Gasteiger partial charge in [-0.25, -0.2) is 0 Å². The van der Waals surface area contributed by atoms with Crippen LogP contribution in [-0.4, -0.2) is 35.6 Å². The van der Waals surface area contributed by atoms with Gasteiger partial charge in [-0.1, -0.05) is 89.7 Å². The third kappa shape index (κ3) is 5.99. The first-order valence-corrected chi connectivity index (χ1v) is 16.8. The Morgan fingerprint density at radius 3 is 1.25 bits per heavy atom. The van der Waals surface area contributed by atoms with E-state index >= 15 is 0 Å². The predicted molar refractivity (Wildman–Crippen MR) is 136 cm³/mol. The largest absolute Gasteiger partial charge is 0.413 e. The highest BCUT2D eigenvalue weighted by Crippen LogP contribution is 2.46. The molecule has 0 amide bonds. The number of hydrogen-bond donors (Lipinski definition) is 0. The van der Waals surface area contributed by atoms with Crippen molar-refractivity contribution in [3.05, 3.63) is 11.5 Å². The Morgan fingerprint density at radius 1 is 0.679 bits per heavy atom. The Kier molecular flexibility index (Phi) is 11.9. The van der Waals surface area contributed by atoms with Gasteiger partial charge in [0.15, 0.2) is 8.32 Å². The van der Waals surface area contributed by atoms with Gasteiger partial charge in [-0.15, -0.1) is 11.8 Å². The van der Waals surface area contributed by atoms with Gasteiger partial charge in [0.1, 0.15) is 0 Å². The molecule has 168 valence electrons. The third-order valence-corrected chi connectivity index (χ3v) is 19.8. The molecule has 0 bridgehead atoms. The van der Waals surface area contributed by atoms with Crippen LogP contribution in [0.25, 0.3) is 0 Å². The van der Waals surface area contributed by atoms with E-state index in [0.29, 0.717) is 39.9 Å². The van der Waals surface area contributed by atoms with E-state index in [-0.39, 0.29) is 6.10 Å². The highest BCUT2D eigenvalue weighted by atomic mass is 32.2. The van der Waals surface area contributed by atoms with Crippen molar-refractivity contribution in [2.24, 2.45) is 0 Å². The van der Waals surface area contributed by atoms with Crippen molar-refractivity contribution in [1.29, 1.82) is 0 Å². The average Bonchev–Trinajstić information content (AvgIpc) is 2.55. The maximum absolute atomic E-state index is 7.13. The SMILES string of the molecule is C=C(SC)[C@H](CO[Si](C(C)C)(C(C)C)C(C)C)O[Si](C(C)C)(C(C)C)C(C)C. The molecule has 0 saturated heterocycles. The summed E-state index contributed by atoms with van der Waals surface area (Å²) in [4.78, 5) is 1.11. The van der Waals surface area contributed by atoms with Crippen LogP contribution in [0.4, 0.5) is 0 Å². The molecule has 0 spiro atoms. The van der Waals surface area contributed by atoms with Gasteiger partial charge in [0, 0.05) is 4.91 Å². The predicted octanol–water partition coefficient (Wildman–Crippen LogP) is 8.62. The van der Waals surface area contributed by atoms with E-state index < -0.39 is 16.6 Å². The molecular formula is C23H50O2SSi2. The Morgan fingerprint density at radius 2 is 1.00 bits per heavy atom. The van der Waals surface area contributed by atoms with Gasteiger partial charge in [-0.05, 0) is 39.5 Å². The van der Waals surface area contributed by atoms with Gasteiger partial charge in [-0.2, -0.15) is 0 Å². The lowest BCUT2D eigenvalue weighted by atomic mass is 10.4. The fraction of sp³-hybridized carbons (Fsp3) is 0.913. The molecule has 0 saturated carbocycles. The standard InChI is InChI=1S/C23H50O2SSi2/c1-16(2)27(17(3)4,18(5)6)24-15-23(22(13)26-14)25-28(19(7)8,20(9)10)21(11)12/h16-21,23H,13,15H2,1-12,14H3/t23-/m0/s1. The van der Waals surface area contributed by atoms with Crippen LogP contribution >= 0.6 is 11.8 Å². The van der Waals surface area contributed by atoms with E-state index in [1.165, 1.54) is 0 Å². The number of rotatable bonds is 13. The van der Waals surface area contributed by atoms with Crippen LogP contribution in [0, 0.1) is 0 Å². The second-order valence-corrected chi connectivity index (χ2v) is 22.0. The van der Waals surface area contributed by atoms with E-state index in [1.54, 1.807) is 11.8 Å². The molecular weight excluding hydrogens is 396 g/mol. The van der Waals surface area contributed by atoms with Gasteiger partial charge < -0.3 is 8.85 Å². The monoisotopic (exact) mass is 446 g/mol. The summed E-state index contributed by atoms with van der Waals surface area (Å²) in [7, 11) is -3.91. The minimum absolute atomic E-state index is 0.0167. The van der Waals surface area contributed by atoms with Crippen molar-refractivity contribution in [2.45, 2.75) is 122 Å². The minimum Gasteiger partial charge on any atom is -0.413 e. The van der Waals surface area contributed by atoms with Crippen LogP contribution in [0.5, 0.6) is 0 Å². The molecule has 5 heteroatoms. The quantitative estimate of drug-likeness (QED) is 0.264. The Labute approximate surface area is 183 Å². The molecule has 0 unspecified atom stereocenters. The minimum atomic E-state index is -1.99. The summed E-state index contributed by atoms with van der Waals surface area (Å²) in [5.41, 5.74) is 3.43. The van der Waals surface area contributed by atoms with Crippen molar-refractivity contribution >= 4 is 28.4 Å². The zero-order valence-corrected chi connectivity index (χ0v) is 24.0. The fourth-order valence-corrected chi connectivity index (χ4v) is 17.1. The van der Waals surface area contributed by atoms with Crippen molar-refractivity contribution < 1.29 is 8.85 Å². The van der Waals surface area contributed by atoms with Crippen LogP contribution in [-0.2, 0) is 8.85 Å². The Balaban J connectivity index is 5.93. The molecule has 2 nitrogen and oxygen atoms in total. The van der Waals surface area contributed by atoms with Gasteiger partial charge in [-0.3, -0.25) is 0 Å². The van der Waals surface area contributed by atoms with Crippen molar-refractivity contribution in [2.75, 3.05) is 12.9 Å². The lowest BCUT2D eigenvalue weighted by Gasteiger charge is -2.47. The van der Waals surface area contributed by atoms with Crippen LogP contribution in [0.15, 0.2) is 11.5 Å². The van der Waals surface area contributed by atoms with E-state index in [0.717, 1.165) is 4.91 Å². The first-order chi connectivity index (χ1) is 12.7. The van der Waals surface area contributed by atoms with Gasteiger partial charge in [0.25, 0.3) is 0 Å². The van der Waals surface area contributed by atoms with Gasteiger partial charge >= 0.3 is 0 Å². The van der Waals surface area contributed by atoms with Crippen molar-refractivity contribution in [3.63, 3.8) is 0 Å². The summed E-state index contributed by atoms with van der Waals surface area (Å²) >= 11 is 1.72. The molecule has 0 N–H and O–H groups in total. The molecule has 0 aliphatic rings. The molecule has 0 aromatic rings. The molecule has 28 heavy (non-hydrogen) atoms. The van der Waals surface area contributed by atoms with Crippen molar-refractivity contribution in [1.82, 2.24) is 0 Å². The smallest absolute Gasteiger partial charge is 0.201 e. The summed E-state index contributed by atoms with van der Waals surface area (Å²) in [5.74, 6) is 0. The fourth-order valence-electron chi connectivity index (χ4n) is 5.70. The highest BCUT2D eigenvalue weighted by molar-refractivity contribution is 8.02. The summed E-state index contributed by atoms with van der Waals surface area (Å²) in [6.07, 6.45) is 2.09. The highest BCUT2D eigenvalue weighted by Gasteiger charge is 2.49. The number of thioether (sulfide) groups is 1. The Hall–Kier alpha value is 0.444. The summed E-state index contributed by atoms with van der Waals surface area (Å²) in [6.45, 7) is 33.2. The lowest BCUT2D eigenvalue weighted by Crippen LogP contribution is -2.53. The van der Waals surface area contributed by atoms with E-state index in [2.05, 4.69) is 95.9 Å². The number of hydrogen-bond acceptors (Lipinski definition) is 3. The van der Waals surface area contributed by atoms with Crippen LogP contribution in [0.1, 0.15) is 83.1 Å². The molecule has 0 rings (SSSR count). The van der Waals surface area contributed by atoms with Gasteiger partial charge in [0.05, 0.1) is 12.7 Å². The first kappa shape index (κ1) is 28.4. The normalized spacial score (nSPS) is 15.0. The van der Waals surface area contributed by atoms with Crippen LogP contribution in [0.3, 0.4) is 0 Å². The first-order valence-electron chi connectivity index (χ1n) is 11.3. The zero-order chi connectivity index (χ0) is 22.4. The third-order valence-electron chi connectivity index (χ3n) is 6.87. The molecule has 0 aliphatic carbocycles. The van der Waals surface area contributed by atoms with Gasteiger partial charge in [0.2, 0.25) is 8.32 Å². The summed E-state index contributed by atoms with van der Waals surface area (Å²) in [5, 5.41) is 0. The molecule has 0 heterocycles.